The molecule has 0 saturated carbocycles. The number of hydrogen-bond donors (Lipinski definition) is 2. The van der Waals surface area contributed by atoms with Crippen molar-refractivity contribution in [2.24, 2.45) is 0 Å². The SMILES string of the molecule is CNC(=O)c1ccc(NCCc2ccc(I)s2)nn1. The van der Waals surface area contributed by atoms with Gasteiger partial charge in [-0.15, -0.1) is 21.5 Å². The van der Waals surface area contributed by atoms with Gasteiger partial charge in [0.1, 0.15) is 5.82 Å². The predicted molar refractivity (Wildman–Crippen MR) is 84.7 cm³/mol. The van der Waals surface area contributed by atoms with Gasteiger partial charge in [0.15, 0.2) is 5.69 Å². The maximum Gasteiger partial charge on any atom is 0.271 e. The summed E-state index contributed by atoms with van der Waals surface area (Å²) >= 11 is 4.11. The first-order valence-corrected chi connectivity index (χ1v) is 7.62. The van der Waals surface area contributed by atoms with Gasteiger partial charge in [0.25, 0.3) is 5.91 Å². The van der Waals surface area contributed by atoms with Gasteiger partial charge in [-0.05, 0) is 53.3 Å². The molecule has 0 fully saturated rings. The lowest BCUT2D eigenvalue weighted by molar-refractivity contribution is 0.0957. The summed E-state index contributed by atoms with van der Waals surface area (Å²) in [6, 6.07) is 7.66. The number of anilines is 1. The number of carbonyl (C=O) groups is 1. The number of nitrogens with one attached hydrogen (secondary N) is 2. The lowest BCUT2D eigenvalue weighted by Crippen LogP contribution is -2.19. The number of hydrogen-bond acceptors (Lipinski definition) is 5. The minimum absolute atomic E-state index is 0.229. The third-order valence-corrected chi connectivity index (χ3v) is 4.38. The van der Waals surface area contributed by atoms with Crippen molar-refractivity contribution in [1.29, 1.82) is 0 Å². The van der Waals surface area contributed by atoms with Crippen LogP contribution in [0.2, 0.25) is 0 Å². The fraction of sp³-hybridized carbons (Fsp3) is 0.250. The summed E-state index contributed by atoms with van der Waals surface area (Å²) in [4.78, 5) is 12.6. The molecule has 2 N–H and O–H groups in total. The average Bonchev–Trinajstić information content (AvgIpc) is 2.84. The number of amides is 1. The maximum atomic E-state index is 11.3. The fourth-order valence-corrected chi connectivity index (χ4v) is 3.23. The van der Waals surface area contributed by atoms with Gasteiger partial charge in [-0.1, -0.05) is 0 Å². The van der Waals surface area contributed by atoms with E-state index in [1.807, 2.05) is 0 Å². The molecule has 1 amide bonds. The van der Waals surface area contributed by atoms with Crippen LogP contribution in [0.25, 0.3) is 0 Å². The third kappa shape index (κ3) is 4.13. The van der Waals surface area contributed by atoms with E-state index in [2.05, 4.69) is 55.6 Å². The van der Waals surface area contributed by atoms with Crippen LogP contribution in [0.1, 0.15) is 15.4 Å². The molecular formula is C12H13IN4OS. The normalized spacial score (nSPS) is 10.2. The van der Waals surface area contributed by atoms with E-state index in [-0.39, 0.29) is 5.91 Å². The van der Waals surface area contributed by atoms with Gasteiger partial charge in [-0.2, -0.15) is 0 Å². The number of nitrogens with zero attached hydrogens (tertiary/aromatic N) is 2. The first-order valence-electron chi connectivity index (χ1n) is 5.73. The topological polar surface area (TPSA) is 66.9 Å². The van der Waals surface area contributed by atoms with Gasteiger partial charge in [0.2, 0.25) is 0 Å². The highest BCUT2D eigenvalue weighted by Gasteiger charge is 2.05. The summed E-state index contributed by atoms with van der Waals surface area (Å²) in [7, 11) is 1.57. The highest BCUT2D eigenvalue weighted by Crippen LogP contribution is 2.18. The number of thiophene rings is 1. The van der Waals surface area contributed by atoms with E-state index in [4.69, 9.17) is 0 Å². The van der Waals surface area contributed by atoms with Crippen LogP contribution in [-0.2, 0) is 6.42 Å². The number of carbonyl (C=O) groups excluding carboxylic acids is 1. The molecule has 2 aromatic heterocycles. The van der Waals surface area contributed by atoms with E-state index in [9.17, 15) is 4.79 Å². The summed E-state index contributed by atoms with van der Waals surface area (Å²) in [5.74, 6) is 0.450. The number of aromatic nitrogens is 2. The number of rotatable bonds is 5. The zero-order valence-corrected chi connectivity index (χ0v) is 13.3. The van der Waals surface area contributed by atoms with Gasteiger partial charge in [0, 0.05) is 18.5 Å². The summed E-state index contributed by atoms with van der Waals surface area (Å²) in [5.41, 5.74) is 0.320. The Balaban J connectivity index is 1.84. The molecule has 0 aliphatic heterocycles. The van der Waals surface area contributed by atoms with E-state index in [1.54, 1.807) is 30.5 Å². The minimum Gasteiger partial charge on any atom is -0.368 e. The summed E-state index contributed by atoms with van der Waals surface area (Å²) in [6.45, 7) is 0.796. The smallest absolute Gasteiger partial charge is 0.271 e. The zero-order chi connectivity index (χ0) is 13.7. The number of halogens is 1. The Bertz CT molecular complexity index is 555. The molecule has 2 aromatic rings. The van der Waals surface area contributed by atoms with E-state index in [0.29, 0.717) is 11.5 Å². The van der Waals surface area contributed by atoms with Crippen LogP contribution >= 0.6 is 33.9 Å². The lowest BCUT2D eigenvalue weighted by atomic mass is 10.3. The molecule has 5 nitrogen and oxygen atoms in total. The van der Waals surface area contributed by atoms with Crippen LogP contribution in [0.5, 0.6) is 0 Å². The summed E-state index contributed by atoms with van der Waals surface area (Å²) in [5, 5.41) is 13.5. The van der Waals surface area contributed by atoms with Crippen molar-refractivity contribution in [3.05, 3.63) is 37.7 Å². The molecule has 2 rings (SSSR count). The highest BCUT2D eigenvalue weighted by atomic mass is 127. The van der Waals surface area contributed by atoms with Gasteiger partial charge in [0.05, 0.1) is 2.88 Å². The monoisotopic (exact) mass is 388 g/mol. The fourth-order valence-electron chi connectivity index (χ4n) is 1.48. The maximum absolute atomic E-state index is 11.3. The molecule has 100 valence electrons. The second-order valence-electron chi connectivity index (χ2n) is 3.77. The molecule has 19 heavy (non-hydrogen) atoms. The Kier molecular flexibility index (Phi) is 5.08. The van der Waals surface area contributed by atoms with Gasteiger partial charge >= 0.3 is 0 Å². The van der Waals surface area contributed by atoms with Crippen molar-refractivity contribution in [2.45, 2.75) is 6.42 Å². The van der Waals surface area contributed by atoms with Crippen molar-refractivity contribution in [1.82, 2.24) is 15.5 Å². The lowest BCUT2D eigenvalue weighted by Gasteiger charge is -2.04. The molecule has 0 radical (unpaired) electrons. The molecule has 0 aliphatic carbocycles. The van der Waals surface area contributed by atoms with Gasteiger partial charge in [-0.3, -0.25) is 4.79 Å². The van der Waals surface area contributed by atoms with Gasteiger partial charge in [-0.25, -0.2) is 0 Å². The Hall–Kier alpha value is -1.22. The van der Waals surface area contributed by atoms with Crippen LogP contribution in [0, 0.1) is 2.88 Å². The average molecular weight is 388 g/mol. The molecule has 0 aliphatic rings. The van der Waals surface area contributed by atoms with E-state index in [0.717, 1.165) is 13.0 Å². The standard InChI is InChI=1S/C12H13IN4OS/c1-14-12(18)9-3-5-11(17-16-9)15-7-6-8-2-4-10(13)19-8/h2-5H,6-7H2,1H3,(H,14,18)(H,15,17). The molecule has 0 aromatic carbocycles. The van der Waals surface area contributed by atoms with Crippen molar-refractivity contribution in [3.8, 4) is 0 Å². The summed E-state index contributed by atoms with van der Waals surface area (Å²) < 4.78 is 1.29. The van der Waals surface area contributed by atoms with E-state index < -0.39 is 0 Å². The first kappa shape index (κ1) is 14.2. The molecule has 0 atom stereocenters. The summed E-state index contributed by atoms with van der Waals surface area (Å²) in [6.07, 6.45) is 0.951. The van der Waals surface area contributed by atoms with Crippen molar-refractivity contribution in [2.75, 3.05) is 18.9 Å². The Labute approximate surface area is 129 Å². The highest BCUT2D eigenvalue weighted by molar-refractivity contribution is 14.1. The molecule has 7 heteroatoms. The largest absolute Gasteiger partial charge is 0.368 e. The van der Waals surface area contributed by atoms with E-state index >= 15 is 0 Å². The third-order valence-electron chi connectivity index (χ3n) is 2.43. The van der Waals surface area contributed by atoms with Crippen LogP contribution in [0.15, 0.2) is 24.3 Å². The van der Waals surface area contributed by atoms with Crippen LogP contribution in [-0.4, -0.2) is 29.7 Å². The van der Waals surface area contributed by atoms with Crippen LogP contribution < -0.4 is 10.6 Å². The zero-order valence-electron chi connectivity index (χ0n) is 10.3. The Morgan fingerprint density at radius 3 is 2.74 bits per heavy atom. The predicted octanol–water partition coefficient (Wildman–Crippen LogP) is 2.16. The Morgan fingerprint density at radius 2 is 2.16 bits per heavy atom. The molecule has 0 bridgehead atoms. The second-order valence-corrected chi connectivity index (χ2v) is 6.83. The van der Waals surface area contributed by atoms with Gasteiger partial charge < -0.3 is 10.6 Å². The second kappa shape index (κ2) is 6.80. The molecule has 0 unspecified atom stereocenters. The Morgan fingerprint density at radius 1 is 1.32 bits per heavy atom. The van der Waals surface area contributed by atoms with Crippen LogP contribution in [0.3, 0.4) is 0 Å². The first-order chi connectivity index (χ1) is 9.19. The van der Waals surface area contributed by atoms with Crippen molar-refractivity contribution < 1.29 is 4.79 Å². The minimum atomic E-state index is -0.229. The molecule has 0 spiro atoms. The molecular weight excluding hydrogens is 375 g/mol. The van der Waals surface area contributed by atoms with E-state index in [1.165, 1.54) is 7.76 Å². The molecule has 2 heterocycles. The quantitative estimate of drug-likeness (QED) is 0.771. The van der Waals surface area contributed by atoms with Crippen molar-refractivity contribution in [3.63, 3.8) is 0 Å². The van der Waals surface area contributed by atoms with Crippen LogP contribution in [0.4, 0.5) is 5.82 Å². The molecule has 0 saturated heterocycles. The van der Waals surface area contributed by atoms with Crippen molar-refractivity contribution >= 4 is 45.7 Å².